The first-order valence-electron chi connectivity index (χ1n) is 6.84. The second-order valence-corrected chi connectivity index (χ2v) is 4.62. The minimum absolute atomic E-state index is 0.570. The summed E-state index contributed by atoms with van der Waals surface area (Å²) in [6, 6.07) is 7.49. The van der Waals surface area contributed by atoms with Crippen molar-refractivity contribution in [1.82, 2.24) is 14.4 Å². The largest absolute Gasteiger partial charge is 0.481 e. The molecule has 110 valence electrons. The molecule has 0 aliphatic heterocycles. The van der Waals surface area contributed by atoms with Gasteiger partial charge in [-0.2, -0.15) is 0 Å². The standard InChI is InChI=1S/C14H12ClN3O.C2H6/c1-9-13(11-4-3-6-16-14(11)19-2)17-12-8-10(15)5-7-18(9)12;1-2/h3-8H,1-2H3;1-2H3. The molecule has 3 rings (SSSR count). The summed E-state index contributed by atoms with van der Waals surface area (Å²) in [7, 11) is 1.60. The molecule has 0 aliphatic rings. The van der Waals surface area contributed by atoms with Crippen LogP contribution in [0.3, 0.4) is 0 Å². The van der Waals surface area contributed by atoms with Crippen molar-refractivity contribution in [2.24, 2.45) is 0 Å². The van der Waals surface area contributed by atoms with E-state index in [1.165, 1.54) is 0 Å². The van der Waals surface area contributed by atoms with Crippen LogP contribution in [0.4, 0.5) is 0 Å². The van der Waals surface area contributed by atoms with Crippen LogP contribution >= 0.6 is 11.6 Å². The lowest BCUT2D eigenvalue weighted by molar-refractivity contribution is 0.399. The molecule has 0 unspecified atom stereocenters. The molecule has 0 saturated carbocycles. The lowest BCUT2D eigenvalue weighted by Gasteiger charge is -2.05. The predicted octanol–water partition coefficient (Wildman–Crippen LogP) is 4.39. The van der Waals surface area contributed by atoms with Gasteiger partial charge in [-0.25, -0.2) is 9.97 Å². The third-order valence-electron chi connectivity index (χ3n) is 3.05. The lowest BCUT2D eigenvalue weighted by atomic mass is 10.1. The number of ether oxygens (including phenoxy) is 1. The van der Waals surface area contributed by atoms with E-state index >= 15 is 0 Å². The highest BCUT2D eigenvalue weighted by molar-refractivity contribution is 6.30. The first kappa shape index (κ1) is 15.3. The van der Waals surface area contributed by atoms with E-state index in [-0.39, 0.29) is 0 Å². The average Bonchev–Trinajstić information content (AvgIpc) is 2.85. The van der Waals surface area contributed by atoms with Crippen LogP contribution in [0.1, 0.15) is 19.5 Å². The second-order valence-electron chi connectivity index (χ2n) is 4.18. The zero-order valence-electron chi connectivity index (χ0n) is 12.6. The Kier molecular flexibility index (Phi) is 4.81. The topological polar surface area (TPSA) is 39.4 Å². The Labute approximate surface area is 129 Å². The molecule has 0 radical (unpaired) electrons. The second kappa shape index (κ2) is 6.59. The Morgan fingerprint density at radius 3 is 2.71 bits per heavy atom. The van der Waals surface area contributed by atoms with Gasteiger partial charge in [0.25, 0.3) is 0 Å². The van der Waals surface area contributed by atoms with E-state index < -0.39 is 0 Å². The van der Waals surface area contributed by atoms with Crippen molar-refractivity contribution in [3.05, 3.63) is 47.4 Å². The van der Waals surface area contributed by atoms with Crippen molar-refractivity contribution in [3.8, 4) is 17.1 Å². The number of pyridine rings is 2. The van der Waals surface area contributed by atoms with Gasteiger partial charge in [0.1, 0.15) is 5.65 Å². The average molecular weight is 304 g/mol. The summed E-state index contributed by atoms with van der Waals surface area (Å²) in [5.41, 5.74) is 3.57. The van der Waals surface area contributed by atoms with Crippen molar-refractivity contribution in [2.75, 3.05) is 7.11 Å². The van der Waals surface area contributed by atoms with Crippen molar-refractivity contribution < 1.29 is 4.74 Å². The molecule has 4 nitrogen and oxygen atoms in total. The van der Waals surface area contributed by atoms with E-state index in [1.807, 2.05) is 55.6 Å². The Morgan fingerprint density at radius 1 is 1.24 bits per heavy atom. The normalized spacial score (nSPS) is 10.1. The zero-order chi connectivity index (χ0) is 15.4. The van der Waals surface area contributed by atoms with Gasteiger partial charge in [0.15, 0.2) is 0 Å². The smallest absolute Gasteiger partial charge is 0.222 e. The number of aryl methyl sites for hydroxylation is 1. The molecule has 3 aromatic rings. The van der Waals surface area contributed by atoms with Gasteiger partial charge in [0.05, 0.1) is 18.4 Å². The Bertz CT molecular complexity index is 752. The molecule has 0 fully saturated rings. The number of rotatable bonds is 2. The highest BCUT2D eigenvalue weighted by Gasteiger charge is 2.14. The molecule has 0 aromatic carbocycles. The fourth-order valence-corrected chi connectivity index (χ4v) is 2.29. The summed E-state index contributed by atoms with van der Waals surface area (Å²) < 4.78 is 7.28. The van der Waals surface area contributed by atoms with E-state index in [2.05, 4.69) is 9.97 Å². The van der Waals surface area contributed by atoms with Gasteiger partial charge in [-0.05, 0) is 25.1 Å². The van der Waals surface area contributed by atoms with Gasteiger partial charge in [0, 0.05) is 29.2 Å². The molecule has 0 N–H and O–H groups in total. The van der Waals surface area contributed by atoms with Crippen molar-refractivity contribution >= 4 is 17.2 Å². The number of aromatic nitrogens is 3. The van der Waals surface area contributed by atoms with Crippen LogP contribution in [-0.2, 0) is 0 Å². The first-order valence-corrected chi connectivity index (χ1v) is 7.22. The van der Waals surface area contributed by atoms with Gasteiger partial charge in [-0.3, -0.25) is 0 Å². The van der Waals surface area contributed by atoms with Gasteiger partial charge in [0.2, 0.25) is 5.88 Å². The molecule has 0 amide bonds. The third-order valence-corrected chi connectivity index (χ3v) is 3.28. The zero-order valence-corrected chi connectivity index (χ0v) is 13.3. The fraction of sp³-hybridized carbons (Fsp3) is 0.250. The van der Waals surface area contributed by atoms with E-state index in [0.717, 1.165) is 22.6 Å². The monoisotopic (exact) mass is 303 g/mol. The van der Waals surface area contributed by atoms with Crippen LogP contribution in [0.2, 0.25) is 5.02 Å². The number of hydrogen-bond acceptors (Lipinski definition) is 3. The van der Waals surface area contributed by atoms with Crippen LogP contribution in [0, 0.1) is 6.92 Å². The number of imidazole rings is 1. The predicted molar refractivity (Wildman–Crippen MR) is 86.1 cm³/mol. The third kappa shape index (κ3) is 2.85. The number of nitrogens with zero attached hydrogens (tertiary/aromatic N) is 3. The molecule has 0 atom stereocenters. The summed E-state index contributed by atoms with van der Waals surface area (Å²) in [6.45, 7) is 6.01. The van der Waals surface area contributed by atoms with E-state index in [1.54, 1.807) is 13.3 Å². The van der Waals surface area contributed by atoms with E-state index in [0.29, 0.717) is 10.9 Å². The summed E-state index contributed by atoms with van der Waals surface area (Å²) in [4.78, 5) is 8.82. The van der Waals surface area contributed by atoms with Gasteiger partial charge >= 0.3 is 0 Å². The lowest BCUT2D eigenvalue weighted by Crippen LogP contribution is -1.92. The van der Waals surface area contributed by atoms with Crippen LogP contribution in [0.5, 0.6) is 5.88 Å². The van der Waals surface area contributed by atoms with Crippen LogP contribution in [0.15, 0.2) is 36.7 Å². The molecule has 3 heterocycles. The number of halogens is 1. The summed E-state index contributed by atoms with van der Waals surface area (Å²) >= 11 is 5.99. The summed E-state index contributed by atoms with van der Waals surface area (Å²) in [6.07, 6.45) is 3.61. The Morgan fingerprint density at radius 2 is 2.00 bits per heavy atom. The number of methoxy groups -OCH3 is 1. The molecule has 3 aromatic heterocycles. The summed E-state index contributed by atoms with van der Waals surface area (Å²) in [5.74, 6) is 0.570. The van der Waals surface area contributed by atoms with Crippen molar-refractivity contribution in [1.29, 1.82) is 0 Å². The summed E-state index contributed by atoms with van der Waals surface area (Å²) in [5, 5.41) is 0.669. The van der Waals surface area contributed by atoms with Gasteiger partial charge < -0.3 is 9.14 Å². The Balaban J connectivity index is 0.000000774. The minimum Gasteiger partial charge on any atom is -0.481 e. The molecular weight excluding hydrogens is 286 g/mol. The molecular formula is C16H18ClN3O. The maximum absolute atomic E-state index is 5.99. The minimum atomic E-state index is 0.570. The molecule has 21 heavy (non-hydrogen) atoms. The molecule has 0 aliphatic carbocycles. The van der Waals surface area contributed by atoms with Crippen LogP contribution in [-0.4, -0.2) is 21.5 Å². The number of fused-ring (bicyclic) bond motifs is 1. The molecule has 0 bridgehead atoms. The first-order chi connectivity index (χ1) is 10.2. The SMILES string of the molecule is CC.COc1ncccc1-c1nc2cc(Cl)ccn2c1C. The van der Waals surface area contributed by atoms with Crippen LogP contribution < -0.4 is 4.74 Å². The fourth-order valence-electron chi connectivity index (χ4n) is 2.13. The van der Waals surface area contributed by atoms with Gasteiger partial charge in [-0.1, -0.05) is 25.4 Å². The quantitative estimate of drug-likeness (QED) is 0.704. The molecule has 0 spiro atoms. The van der Waals surface area contributed by atoms with Crippen molar-refractivity contribution in [2.45, 2.75) is 20.8 Å². The highest BCUT2D eigenvalue weighted by atomic mass is 35.5. The van der Waals surface area contributed by atoms with E-state index in [9.17, 15) is 0 Å². The maximum atomic E-state index is 5.99. The molecule has 5 heteroatoms. The van der Waals surface area contributed by atoms with Crippen LogP contribution in [0.25, 0.3) is 16.9 Å². The number of hydrogen-bond donors (Lipinski definition) is 0. The highest BCUT2D eigenvalue weighted by Crippen LogP contribution is 2.30. The van der Waals surface area contributed by atoms with Crippen molar-refractivity contribution in [3.63, 3.8) is 0 Å². The van der Waals surface area contributed by atoms with Gasteiger partial charge in [-0.15, -0.1) is 0 Å². The maximum Gasteiger partial charge on any atom is 0.222 e. The Hall–Kier alpha value is -2.07. The molecule has 0 saturated heterocycles. The van der Waals surface area contributed by atoms with E-state index in [4.69, 9.17) is 16.3 Å².